The van der Waals surface area contributed by atoms with Crippen LogP contribution in [-0.4, -0.2) is 21.5 Å². The standard InChI is InChI=1S/C21H19ClFN5/c1-13-10-20(24-9-8-14-12-25-19-5-3-2-4-16(14)19)28-21(26-13)27-15-6-7-18(23)17(22)11-15/h2-7,10-12,25H,8-9H2,1H3,(H2,24,26,27,28). The highest BCUT2D eigenvalue weighted by atomic mass is 35.5. The minimum absolute atomic E-state index is 0.0507. The van der Waals surface area contributed by atoms with Gasteiger partial charge in [0, 0.05) is 41.1 Å². The molecule has 142 valence electrons. The normalized spacial score (nSPS) is 11.0. The Bertz CT molecular complexity index is 1120. The molecular formula is C21H19ClFN5. The fraction of sp³-hybridized carbons (Fsp3) is 0.143. The molecule has 0 radical (unpaired) electrons. The van der Waals surface area contributed by atoms with Crippen molar-refractivity contribution >= 4 is 40.0 Å². The van der Waals surface area contributed by atoms with Crippen molar-refractivity contribution in [2.75, 3.05) is 17.2 Å². The van der Waals surface area contributed by atoms with Gasteiger partial charge in [0.2, 0.25) is 5.95 Å². The van der Waals surface area contributed by atoms with Crippen molar-refractivity contribution in [1.82, 2.24) is 15.0 Å². The number of aryl methyl sites for hydroxylation is 1. The van der Waals surface area contributed by atoms with Crippen LogP contribution in [0.2, 0.25) is 5.02 Å². The van der Waals surface area contributed by atoms with Crippen LogP contribution in [0.4, 0.5) is 21.8 Å². The zero-order valence-corrected chi connectivity index (χ0v) is 16.0. The summed E-state index contributed by atoms with van der Waals surface area (Å²) in [6.45, 7) is 2.63. The lowest BCUT2D eigenvalue weighted by Crippen LogP contribution is -2.08. The molecule has 3 N–H and O–H groups in total. The Morgan fingerprint density at radius 1 is 1.11 bits per heavy atom. The van der Waals surface area contributed by atoms with E-state index in [1.807, 2.05) is 31.3 Å². The van der Waals surface area contributed by atoms with E-state index in [-0.39, 0.29) is 5.02 Å². The topological polar surface area (TPSA) is 65.6 Å². The number of nitrogens with zero attached hydrogens (tertiary/aromatic N) is 2. The number of hydrogen-bond acceptors (Lipinski definition) is 4. The van der Waals surface area contributed by atoms with Gasteiger partial charge in [0.1, 0.15) is 11.6 Å². The number of aromatic amines is 1. The quantitative estimate of drug-likeness (QED) is 0.405. The molecule has 28 heavy (non-hydrogen) atoms. The Kier molecular flexibility index (Phi) is 5.12. The summed E-state index contributed by atoms with van der Waals surface area (Å²) in [5, 5.41) is 7.69. The average Bonchev–Trinajstić information content (AvgIpc) is 3.08. The molecule has 0 atom stereocenters. The summed E-state index contributed by atoms with van der Waals surface area (Å²) in [6, 6.07) is 14.5. The molecular weight excluding hydrogens is 377 g/mol. The van der Waals surface area contributed by atoms with Gasteiger partial charge in [-0.1, -0.05) is 29.8 Å². The van der Waals surface area contributed by atoms with E-state index in [1.54, 1.807) is 6.07 Å². The van der Waals surface area contributed by atoms with E-state index in [0.717, 1.165) is 30.0 Å². The number of anilines is 3. The van der Waals surface area contributed by atoms with Gasteiger partial charge in [-0.25, -0.2) is 9.37 Å². The van der Waals surface area contributed by atoms with E-state index >= 15 is 0 Å². The number of nitrogens with one attached hydrogen (secondary N) is 3. The number of fused-ring (bicyclic) bond motifs is 1. The third-order valence-corrected chi connectivity index (χ3v) is 4.69. The van der Waals surface area contributed by atoms with Gasteiger partial charge in [0.05, 0.1) is 5.02 Å². The largest absolute Gasteiger partial charge is 0.370 e. The van der Waals surface area contributed by atoms with Gasteiger partial charge in [-0.2, -0.15) is 4.98 Å². The summed E-state index contributed by atoms with van der Waals surface area (Å²) in [5.41, 5.74) is 3.84. The second kappa shape index (κ2) is 7.86. The zero-order chi connectivity index (χ0) is 19.5. The molecule has 4 aromatic rings. The van der Waals surface area contributed by atoms with E-state index in [2.05, 4.69) is 37.7 Å². The molecule has 0 amide bonds. The maximum atomic E-state index is 13.3. The number of benzene rings is 2. The second-order valence-corrected chi connectivity index (χ2v) is 6.92. The van der Waals surface area contributed by atoms with Crippen LogP contribution in [0.5, 0.6) is 0 Å². The highest BCUT2D eigenvalue weighted by Crippen LogP contribution is 2.22. The van der Waals surface area contributed by atoms with Gasteiger partial charge < -0.3 is 15.6 Å². The number of para-hydroxylation sites is 1. The Morgan fingerprint density at radius 2 is 1.96 bits per heavy atom. The van der Waals surface area contributed by atoms with Gasteiger partial charge in [-0.05, 0) is 43.2 Å². The fourth-order valence-electron chi connectivity index (χ4n) is 3.08. The predicted molar refractivity (Wildman–Crippen MR) is 112 cm³/mol. The first kappa shape index (κ1) is 18.3. The van der Waals surface area contributed by atoms with Crippen molar-refractivity contribution in [2.45, 2.75) is 13.3 Å². The van der Waals surface area contributed by atoms with Crippen LogP contribution in [0.3, 0.4) is 0 Å². The summed E-state index contributed by atoms with van der Waals surface area (Å²) in [4.78, 5) is 12.2. The molecule has 2 heterocycles. The van der Waals surface area contributed by atoms with Crippen molar-refractivity contribution in [3.63, 3.8) is 0 Å². The monoisotopic (exact) mass is 395 g/mol. The van der Waals surface area contributed by atoms with E-state index < -0.39 is 5.82 Å². The predicted octanol–water partition coefficient (Wildman–Crippen LogP) is 5.46. The van der Waals surface area contributed by atoms with Crippen LogP contribution in [0.1, 0.15) is 11.3 Å². The zero-order valence-electron chi connectivity index (χ0n) is 15.3. The lowest BCUT2D eigenvalue weighted by molar-refractivity contribution is 0.628. The molecule has 5 nitrogen and oxygen atoms in total. The SMILES string of the molecule is Cc1cc(NCCc2c[nH]c3ccccc23)nc(Nc2ccc(F)c(Cl)c2)n1. The van der Waals surface area contributed by atoms with Crippen molar-refractivity contribution in [3.05, 3.63) is 76.8 Å². The minimum Gasteiger partial charge on any atom is -0.370 e. The molecule has 0 bridgehead atoms. The van der Waals surface area contributed by atoms with Crippen molar-refractivity contribution in [2.24, 2.45) is 0 Å². The van der Waals surface area contributed by atoms with Crippen LogP contribution >= 0.6 is 11.6 Å². The summed E-state index contributed by atoms with van der Waals surface area (Å²) >= 11 is 5.83. The molecule has 0 fully saturated rings. The molecule has 2 aromatic heterocycles. The summed E-state index contributed by atoms with van der Waals surface area (Å²) in [5.74, 6) is 0.692. The molecule has 4 rings (SSSR count). The van der Waals surface area contributed by atoms with Crippen LogP contribution < -0.4 is 10.6 Å². The number of hydrogen-bond donors (Lipinski definition) is 3. The fourth-order valence-corrected chi connectivity index (χ4v) is 3.26. The molecule has 2 aromatic carbocycles. The van der Waals surface area contributed by atoms with Crippen LogP contribution in [0, 0.1) is 12.7 Å². The van der Waals surface area contributed by atoms with Crippen LogP contribution in [-0.2, 0) is 6.42 Å². The Balaban J connectivity index is 1.44. The molecule has 0 saturated carbocycles. The smallest absolute Gasteiger partial charge is 0.229 e. The maximum Gasteiger partial charge on any atom is 0.229 e. The lowest BCUT2D eigenvalue weighted by Gasteiger charge is -2.10. The third-order valence-electron chi connectivity index (χ3n) is 4.41. The van der Waals surface area contributed by atoms with Gasteiger partial charge >= 0.3 is 0 Å². The number of aromatic nitrogens is 3. The van der Waals surface area contributed by atoms with Crippen LogP contribution in [0.15, 0.2) is 54.7 Å². The van der Waals surface area contributed by atoms with Gasteiger partial charge in [-0.15, -0.1) is 0 Å². The second-order valence-electron chi connectivity index (χ2n) is 6.51. The third kappa shape index (κ3) is 4.07. The summed E-state index contributed by atoms with van der Waals surface area (Å²) in [7, 11) is 0. The Hall–Kier alpha value is -3.12. The molecule has 0 aliphatic carbocycles. The number of H-pyrrole nitrogens is 1. The molecule has 7 heteroatoms. The van der Waals surface area contributed by atoms with Crippen LogP contribution in [0.25, 0.3) is 10.9 Å². The number of halogens is 2. The first-order valence-electron chi connectivity index (χ1n) is 8.95. The summed E-state index contributed by atoms with van der Waals surface area (Å²) in [6.07, 6.45) is 2.91. The van der Waals surface area contributed by atoms with E-state index in [1.165, 1.54) is 23.1 Å². The molecule has 0 spiro atoms. The lowest BCUT2D eigenvalue weighted by atomic mass is 10.1. The highest BCUT2D eigenvalue weighted by Gasteiger charge is 2.07. The highest BCUT2D eigenvalue weighted by molar-refractivity contribution is 6.31. The molecule has 0 saturated heterocycles. The van der Waals surface area contributed by atoms with E-state index in [9.17, 15) is 4.39 Å². The van der Waals surface area contributed by atoms with Gasteiger partial charge in [0.15, 0.2) is 0 Å². The minimum atomic E-state index is -0.461. The first-order chi connectivity index (χ1) is 13.6. The molecule has 0 aliphatic heterocycles. The molecule has 0 aliphatic rings. The molecule has 0 unspecified atom stereocenters. The Morgan fingerprint density at radius 3 is 2.82 bits per heavy atom. The first-order valence-corrected chi connectivity index (χ1v) is 9.33. The van der Waals surface area contributed by atoms with Gasteiger partial charge in [0.25, 0.3) is 0 Å². The van der Waals surface area contributed by atoms with Gasteiger partial charge in [-0.3, -0.25) is 0 Å². The van der Waals surface area contributed by atoms with Crippen molar-refractivity contribution < 1.29 is 4.39 Å². The van der Waals surface area contributed by atoms with Crippen molar-refractivity contribution in [3.8, 4) is 0 Å². The number of rotatable bonds is 6. The maximum absolute atomic E-state index is 13.3. The van der Waals surface area contributed by atoms with E-state index in [4.69, 9.17) is 11.6 Å². The van der Waals surface area contributed by atoms with E-state index in [0.29, 0.717) is 11.6 Å². The van der Waals surface area contributed by atoms with Crippen molar-refractivity contribution in [1.29, 1.82) is 0 Å². The summed E-state index contributed by atoms with van der Waals surface area (Å²) < 4.78 is 13.3. The average molecular weight is 396 g/mol. The Labute approximate surface area is 167 Å².